The zero-order valence-corrected chi connectivity index (χ0v) is 12.5. The number of ether oxygens (including phenoxy) is 1. The number of carbonyl (C=O) groups excluding carboxylic acids is 1. The van der Waals surface area contributed by atoms with Gasteiger partial charge in [-0.3, -0.25) is 9.59 Å². The molecule has 0 amide bonds. The molecule has 0 aromatic heterocycles. The highest BCUT2D eigenvalue weighted by molar-refractivity contribution is 6.05. The van der Waals surface area contributed by atoms with Gasteiger partial charge in [-0.25, -0.2) is 0 Å². The van der Waals surface area contributed by atoms with Crippen LogP contribution in [0.25, 0.3) is 0 Å². The minimum atomic E-state index is -1.71. The summed E-state index contributed by atoms with van der Waals surface area (Å²) in [7, 11) is 0. The number of unbranched alkanes of at least 4 members (excludes halogenated alkanes) is 1. The van der Waals surface area contributed by atoms with Crippen LogP contribution in [0.15, 0.2) is 24.3 Å². The average Bonchev–Trinajstić information content (AvgIpc) is 2.43. The minimum Gasteiger partial charge on any atom is -0.480 e. The van der Waals surface area contributed by atoms with Crippen LogP contribution in [0.5, 0.6) is 0 Å². The number of aliphatic carboxylic acids is 1. The second-order valence-electron chi connectivity index (χ2n) is 4.98. The van der Waals surface area contributed by atoms with Crippen molar-refractivity contribution in [3.8, 4) is 0 Å². The summed E-state index contributed by atoms with van der Waals surface area (Å²) in [5.74, 6) is -1.97. The molecular formula is C16H22O5. The van der Waals surface area contributed by atoms with E-state index >= 15 is 0 Å². The number of rotatable bonds is 8. The number of aliphatic hydroxyl groups is 1. The molecule has 1 atom stereocenters. The van der Waals surface area contributed by atoms with E-state index in [1.165, 1.54) is 0 Å². The molecule has 0 bridgehead atoms. The second kappa shape index (κ2) is 7.78. The van der Waals surface area contributed by atoms with Gasteiger partial charge in [-0.15, -0.1) is 0 Å². The molecule has 1 rings (SSSR count). The molecule has 0 aliphatic heterocycles. The molecule has 0 fully saturated rings. The summed E-state index contributed by atoms with van der Waals surface area (Å²) in [4.78, 5) is 24.2. The Morgan fingerprint density at radius 1 is 1.29 bits per heavy atom. The summed E-state index contributed by atoms with van der Waals surface area (Å²) >= 11 is 0. The quantitative estimate of drug-likeness (QED) is 0.435. The zero-order valence-electron chi connectivity index (χ0n) is 12.5. The van der Waals surface area contributed by atoms with Crippen LogP contribution < -0.4 is 0 Å². The van der Waals surface area contributed by atoms with Crippen molar-refractivity contribution in [1.29, 1.82) is 0 Å². The maximum Gasteiger partial charge on any atom is 0.328 e. The number of benzene rings is 1. The molecule has 0 spiro atoms. The van der Waals surface area contributed by atoms with E-state index in [4.69, 9.17) is 9.84 Å². The van der Waals surface area contributed by atoms with Crippen molar-refractivity contribution in [2.45, 2.75) is 38.5 Å². The number of esters is 1. The number of carboxylic acids is 1. The van der Waals surface area contributed by atoms with Crippen LogP contribution in [-0.2, 0) is 19.7 Å². The molecule has 0 radical (unpaired) electrons. The van der Waals surface area contributed by atoms with Crippen LogP contribution in [0, 0.1) is 6.92 Å². The van der Waals surface area contributed by atoms with Gasteiger partial charge in [0, 0.05) is 6.61 Å². The summed E-state index contributed by atoms with van der Waals surface area (Å²) < 4.78 is 5.01. The SMILES string of the molecule is CCOC(=O)C(CCCCO)(C(=O)O)c1cccc(C)c1. The van der Waals surface area contributed by atoms with E-state index in [1.807, 2.05) is 13.0 Å². The molecule has 5 nitrogen and oxygen atoms in total. The van der Waals surface area contributed by atoms with Crippen LogP contribution in [0.3, 0.4) is 0 Å². The van der Waals surface area contributed by atoms with Gasteiger partial charge in [0.15, 0.2) is 5.41 Å². The van der Waals surface area contributed by atoms with Gasteiger partial charge in [0.25, 0.3) is 0 Å². The van der Waals surface area contributed by atoms with Gasteiger partial charge in [0.2, 0.25) is 0 Å². The van der Waals surface area contributed by atoms with Gasteiger partial charge in [-0.05, 0) is 38.7 Å². The Hall–Kier alpha value is -1.88. The van der Waals surface area contributed by atoms with Crippen LogP contribution in [0.2, 0.25) is 0 Å². The van der Waals surface area contributed by atoms with Crippen molar-refractivity contribution in [3.63, 3.8) is 0 Å². The van der Waals surface area contributed by atoms with E-state index < -0.39 is 17.4 Å². The summed E-state index contributed by atoms with van der Waals surface area (Å²) in [6, 6.07) is 6.91. The topological polar surface area (TPSA) is 83.8 Å². The summed E-state index contributed by atoms with van der Waals surface area (Å²) in [6.07, 6.45) is 0.973. The standard InChI is InChI=1S/C16H22O5/c1-3-21-15(20)16(14(18)19,9-4-5-10-17)13-8-6-7-12(2)11-13/h6-8,11,17H,3-5,9-10H2,1-2H3,(H,18,19). The number of carboxylic acid groups (broad SMARTS) is 1. The van der Waals surface area contributed by atoms with Gasteiger partial charge >= 0.3 is 11.9 Å². The van der Waals surface area contributed by atoms with E-state index in [-0.39, 0.29) is 19.6 Å². The van der Waals surface area contributed by atoms with E-state index in [0.717, 1.165) is 5.56 Å². The Morgan fingerprint density at radius 2 is 2.00 bits per heavy atom. The largest absolute Gasteiger partial charge is 0.480 e. The Labute approximate surface area is 124 Å². The highest BCUT2D eigenvalue weighted by atomic mass is 16.5. The smallest absolute Gasteiger partial charge is 0.328 e. The molecule has 2 N–H and O–H groups in total. The first-order chi connectivity index (χ1) is 9.98. The molecule has 21 heavy (non-hydrogen) atoms. The molecule has 0 aliphatic rings. The first-order valence-electron chi connectivity index (χ1n) is 7.07. The number of aliphatic hydroxyl groups excluding tert-OH is 1. The van der Waals surface area contributed by atoms with Gasteiger partial charge in [-0.2, -0.15) is 0 Å². The number of hydrogen-bond donors (Lipinski definition) is 2. The van der Waals surface area contributed by atoms with Crippen molar-refractivity contribution in [2.75, 3.05) is 13.2 Å². The van der Waals surface area contributed by atoms with Crippen LogP contribution >= 0.6 is 0 Å². The molecule has 1 aromatic rings. The third-order valence-corrected chi connectivity index (χ3v) is 3.46. The summed E-state index contributed by atoms with van der Waals surface area (Å²) in [5.41, 5.74) is -0.409. The fourth-order valence-electron chi connectivity index (χ4n) is 2.35. The van der Waals surface area contributed by atoms with Crippen molar-refractivity contribution in [3.05, 3.63) is 35.4 Å². The second-order valence-corrected chi connectivity index (χ2v) is 4.98. The molecule has 5 heteroatoms. The van der Waals surface area contributed by atoms with Crippen LogP contribution in [0.1, 0.15) is 37.3 Å². The number of aryl methyl sites for hydroxylation is 1. The predicted molar refractivity (Wildman–Crippen MR) is 78.1 cm³/mol. The Kier molecular flexibility index (Phi) is 6.37. The fourth-order valence-corrected chi connectivity index (χ4v) is 2.35. The number of hydrogen-bond acceptors (Lipinski definition) is 4. The maximum absolute atomic E-state index is 12.3. The van der Waals surface area contributed by atoms with E-state index in [1.54, 1.807) is 25.1 Å². The lowest BCUT2D eigenvalue weighted by Gasteiger charge is -2.28. The lowest BCUT2D eigenvalue weighted by Crippen LogP contribution is -2.45. The van der Waals surface area contributed by atoms with E-state index in [9.17, 15) is 14.7 Å². The van der Waals surface area contributed by atoms with Gasteiger partial charge < -0.3 is 14.9 Å². The first-order valence-corrected chi connectivity index (χ1v) is 7.07. The van der Waals surface area contributed by atoms with Crippen molar-refractivity contribution in [2.24, 2.45) is 0 Å². The molecule has 0 aliphatic carbocycles. The fraction of sp³-hybridized carbons (Fsp3) is 0.500. The maximum atomic E-state index is 12.3. The summed E-state index contributed by atoms with van der Waals surface area (Å²) in [6.45, 7) is 3.58. The highest BCUT2D eigenvalue weighted by Gasteiger charge is 2.48. The minimum absolute atomic E-state index is 0.0354. The monoisotopic (exact) mass is 294 g/mol. The third kappa shape index (κ3) is 3.82. The lowest BCUT2D eigenvalue weighted by atomic mass is 9.76. The van der Waals surface area contributed by atoms with Crippen LogP contribution in [-0.4, -0.2) is 35.4 Å². The summed E-state index contributed by atoms with van der Waals surface area (Å²) in [5, 5.41) is 18.6. The third-order valence-electron chi connectivity index (χ3n) is 3.46. The zero-order chi connectivity index (χ0) is 15.9. The first kappa shape index (κ1) is 17.2. The normalized spacial score (nSPS) is 13.5. The highest BCUT2D eigenvalue weighted by Crippen LogP contribution is 2.33. The van der Waals surface area contributed by atoms with Gasteiger partial charge in [0.05, 0.1) is 6.61 Å². The molecular weight excluding hydrogens is 272 g/mol. The molecule has 0 saturated carbocycles. The molecule has 0 saturated heterocycles. The Morgan fingerprint density at radius 3 is 2.52 bits per heavy atom. The number of carbonyl (C=O) groups is 2. The van der Waals surface area contributed by atoms with Gasteiger partial charge in [-0.1, -0.05) is 29.8 Å². The van der Waals surface area contributed by atoms with Crippen LogP contribution in [0.4, 0.5) is 0 Å². The van der Waals surface area contributed by atoms with Crippen molar-refractivity contribution >= 4 is 11.9 Å². The molecule has 1 aromatic carbocycles. The predicted octanol–water partition coefficient (Wildman–Crippen LogP) is 2.04. The Bertz CT molecular complexity index is 497. The van der Waals surface area contributed by atoms with E-state index in [0.29, 0.717) is 18.4 Å². The molecule has 116 valence electrons. The lowest BCUT2D eigenvalue weighted by molar-refractivity contribution is -0.162. The van der Waals surface area contributed by atoms with Crippen molar-refractivity contribution in [1.82, 2.24) is 0 Å². The Balaban J connectivity index is 3.29. The van der Waals surface area contributed by atoms with Crippen molar-refractivity contribution < 1.29 is 24.5 Å². The molecule has 0 heterocycles. The molecule has 1 unspecified atom stereocenters. The van der Waals surface area contributed by atoms with E-state index in [2.05, 4.69) is 0 Å². The average molecular weight is 294 g/mol. The van der Waals surface area contributed by atoms with Gasteiger partial charge in [0.1, 0.15) is 0 Å².